The number of unbranched alkanes of at least 4 members (excludes halogenated alkanes) is 58. The molecule has 0 aromatic heterocycles. The predicted octanol–water partition coefficient (Wildman–Crippen LogP) is 26.4. The molecule has 6 nitrogen and oxygen atoms in total. The van der Waals surface area contributed by atoms with Crippen molar-refractivity contribution in [2.75, 3.05) is 13.2 Å². The number of aliphatic hydroxyl groups is 2. The van der Waals surface area contributed by atoms with Crippen LogP contribution in [-0.2, 0) is 14.3 Å². The van der Waals surface area contributed by atoms with Crippen molar-refractivity contribution in [2.24, 2.45) is 0 Å². The van der Waals surface area contributed by atoms with Crippen LogP contribution < -0.4 is 5.32 Å². The first-order chi connectivity index (χ1) is 43.5. The molecular weight excluding hydrogens is 1080 g/mol. The summed E-state index contributed by atoms with van der Waals surface area (Å²) in [5.74, 6) is -0.0504. The summed E-state index contributed by atoms with van der Waals surface area (Å²) >= 11 is 0. The van der Waals surface area contributed by atoms with E-state index < -0.39 is 12.1 Å². The number of hydrogen-bond acceptors (Lipinski definition) is 5. The summed E-state index contributed by atoms with van der Waals surface area (Å²) in [5, 5.41) is 23.3. The second-order valence-electron chi connectivity index (χ2n) is 27.4. The van der Waals surface area contributed by atoms with E-state index in [1.807, 2.05) is 6.08 Å². The van der Waals surface area contributed by atoms with Gasteiger partial charge in [0, 0.05) is 12.8 Å². The van der Waals surface area contributed by atoms with E-state index in [0.717, 1.165) is 51.4 Å². The minimum atomic E-state index is -0.845. The van der Waals surface area contributed by atoms with Gasteiger partial charge in [-0.3, -0.25) is 9.59 Å². The van der Waals surface area contributed by atoms with Crippen molar-refractivity contribution in [1.29, 1.82) is 0 Å². The van der Waals surface area contributed by atoms with Gasteiger partial charge in [-0.15, -0.1) is 0 Å². The second-order valence-corrected chi connectivity index (χ2v) is 27.4. The van der Waals surface area contributed by atoms with E-state index in [1.165, 1.54) is 360 Å². The fourth-order valence-electron chi connectivity index (χ4n) is 12.5. The first kappa shape index (κ1) is 85.8. The first-order valence-electron chi connectivity index (χ1n) is 39.9. The lowest BCUT2D eigenvalue weighted by molar-refractivity contribution is -0.143. The summed E-state index contributed by atoms with van der Waals surface area (Å²) in [6.07, 6.45) is 102. The van der Waals surface area contributed by atoms with Crippen molar-refractivity contribution in [3.05, 3.63) is 48.6 Å². The lowest BCUT2D eigenvalue weighted by Crippen LogP contribution is -2.45. The Balaban J connectivity index is 3.38. The van der Waals surface area contributed by atoms with Crippen LogP contribution in [0.15, 0.2) is 48.6 Å². The van der Waals surface area contributed by atoms with Gasteiger partial charge in [0.15, 0.2) is 0 Å². The molecule has 0 fully saturated rings. The van der Waals surface area contributed by atoms with E-state index in [0.29, 0.717) is 19.4 Å². The van der Waals surface area contributed by atoms with Crippen molar-refractivity contribution >= 4 is 11.9 Å². The molecule has 0 aromatic rings. The predicted molar refractivity (Wildman–Crippen MR) is 389 cm³/mol. The number of ether oxygens (including phenoxy) is 1. The highest BCUT2D eigenvalue weighted by molar-refractivity contribution is 5.76. The number of esters is 1. The minimum absolute atomic E-state index is 0.0106. The fourth-order valence-corrected chi connectivity index (χ4v) is 12.5. The Hall–Kier alpha value is -2.18. The van der Waals surface area contributed by atoms with Crippen molar-refractivity contribution in [1.82, 2.24) is 5.32 Å². The molecule has 0 bridgehead atoms. The Bertz CT molecular complexity index is 1470. The van der Waals surface area contributed by atoms with Crippen molar-refractivity contribution in [2.45, 2.75) is 450 Å². The van der Waals surface area contributed by atoms with Crippen LogP contribution in [0.4, 0.5) is 0 Å². The van der Waals surface area contributed by atoms with Crippen LogP contribution >= 0.6 is 0 Å². The molecule has 1 amide bonds. The van der Waals surface area contributed by atoms with Crippen LogP contribution in [0.2, 0.25) is 0 Å². The Labute approximate surface area is 550 Å². The van der Waals surface area contributed by atoms with Crippen LogP contribution in [0.25, 0.3) is 0 Å². The molecule has 0 aromatic carbocycles. The molecule has 0 aliphatic rings. The van der Waals surface area contributed by atoms with Gasteiger partial charge in [0.05, 0.1) is 25.4 Å². The molecule has 6 heteroatoms. The number of nitrogens with one attached hydrogen (secondary N) is 1. The molecule has 2 atom stereocenters. The van der Waals surface area contributed by atoms with Gasteiger partial charge in [0.25, 0.3) is 0 Å². The highest BCUT2D eigenvalue weighted by Gasteiger charge is 2.18. The Morgan fingerprint density at radius 1 is 0.318 bits per heavy atom. The Morgan fingerprint density at radius 3 is 0.898 bits per heavy atom. The molecule has 0 aliphatic heterocycles. The molecule has 0 saturated heterocycles. The quantitative estimate of drug-likeness (QED) is 0.0320. The normalized spacial score (nSPS) is 12.7. The van der Waals surface area contributed by atoms with E-state index >= 15 is 0 Å². The van der Waals surface area contributed by atoms with Crippen LogP contribution in [0.1, 0.15) is 438 Å². The average Bonchev–Trinajstić information content (AvgIpc) is 3.58. The summed E-state index contributed by atoms with van der Waals surface area (Å²) in [4.78, 5) is 24.7. The third-order valence-electron chi connectivity index (χ3n) is 18.6. The smallest absolute Gasteiger partial charge is 0.305 e. The first-order valence-corrected chi connectivity index (χ1v) is 39.9. The van der Waals surface area contributed by atoms with Gasteiger partial charge in [-0.25, -0.2) is 0 Å². The van der Waals surface area contributed by atoms with Crippen molar-refractivity contribution in [3.8, 4) is 0 Å². The highest BCUT2D eigenvalue weighted by Crippen LogP contribution is 2.19. The Morgan fingerprint density at radius 2 is 0.568 bits per heavy atom. The molecule has 0 radical (unpaired) electrons. The van der Waals surface area contributed by atoms with Gasteiger partial charge in [-0.1, -0.05) is 383 Å². The van der Waals surface area contributed by atoms with E-state index in [-0.39, 0.29) is 18.5 Å². The topological polar surface area (TPSA) is 95.9 Å². The summed E-state index contributed by atoms with van der Waals surface area (Å²) in [6, 6.07) is -0.628. The lowest BCUT2D eigenvalue weighted by Gasteiger charge is -2.20. The zero-order valence-corrected chi connectivity index (χ0v) is 59.5. The number of allylic oxidation sites excluding steroid dienone is 7. The van der Waals surface area contributed by atoms with E-state index in [9.17, 15) is 19.8 Å². The molecule has 0 rings (SSSR count). The second kappa shape index (κ2) is 77.3. The maximum absolute atomic E-state index is 12.5. The van der Waals surface area contributed by atoms with Crippen molar-refractivity contribution in [3.63, 3.8) is 0 Å². The number of aliphatic hydroxyl groups excluding tert-OH is 2. The number of hydrogen-bond donors (Lipinski definition) is 3. The number of carbonyl (C=O) groups excluding carboxylic acids is 2. The van der Waals surface area contributed by atoms with Gasteiger partial charge in [0.1, 0.15) is 0 Å². The van der Waals surface area contributed by atoms with Gasteiger partial charge in [-0.2, -0.15) is 0 Å². The standard InChI is InChI=1S/C82H155NO5/c1-3-5-7-9-11-13-15-17-19-21-22-23-36-39-43-46-50-54-58-62-66-70-74-80(85)79(78-84)83-81(86)75-71-67-63-59-55-51-47-44-40-37-34-32-30-28-26-24-25-27-29-31-33-35-38-41-45-49-53-57-61-65-69-73-77-88-82(87)76-72-68-64-60-56-52-48-42-20-18-16-14-12-10-8-6-4-2/h12,14,18,20,27,29,70,74,79-80,84-85H,3-11,13,15-17,19,21-26,28,30-69,71-73,75-78H2,1-2H3,(H,83,86)/b14-12-,20-18-,29-27-,74-70+. The van der Waals surface area contributed by atoms with Gasteiger partial charge in [0.2, 0.25) is 5.91 Å². The Kier molecular flexibility index (Phi) is 75.4. The summed E-state index contributed by atoms with van der Waals surface area (Å²) < 4.78 is 5.50. The maximum Gasteiger partial charge on any atom is 0.305 e. The average molecular weight is 1240 g/mol. The molecule has 0 saturated carbocycles. The third kappa shape index (κ3) is 72.9. The third-order valence-corrected chi connectivity index (χ3v) is 18.6. The highest BCUT2D eigenvalue weighted by atomic mass is 16.5. The molecule has 2 unspecified atom stereocenters. The maximum atomic E-state index is 12.5. The monoisotopic (exact) mass is 1230 g/mol. The summed E-state index contributed by atoms with van der Waals surface area (Å²) in [7, 11) is 0. The molecule has 3 N–H and O–H groups in total. The largest absolute Gasteiger partial charge is 0.466 e. The van der Waals surface area contributed by atoms with Crippen LogP contribution in [0, 0.1) is 0 Å². The molecule has 88 heavy (non-hydrogen) atoms. The van der Waals surface area contributed by atoms with Gasteiger partial charge < -0.3 is 20.3 Å². The molecular formula is C82H155NO5. The van der Waals surface area contributed by atoms with E-state index in [4.69, 9.17) is 4.74 Å². The van der Waals surface area contributed by atoms with Gasteiger partial charge in [-0.05, 0) is 89.9 Å². The molecule has 518 valence electrons. The SMILES string of the molecule is CCCCC/C=C\C/C=C\CCCCCCCCCC(=O)OCCCCCCCCCCCCCC/C=C\CCCCCCCCCCCCCCCCCCC(=O)NC(CO)C(O)/C=C/CCCCCCCCCCCCCCCCCCCCCC. The number of carbonyl (C=O) groups is 2. The zero-order chi connectivity index (χ0) is 63.5. The van der Waals surface area contributed by atoms with Crippen molar-refractivity contribution < 1.29 is 24.5 Å². The molecule has 0 spiro atoms. The fraction of sp³-hybridized carbons (Fsp3) is 0.878. The summed E-state index contributed by atoms with van der Waals surface area (Å²) in [5.41, 5.74) is 0. The minimum Gasteiger partial charge on any atom is -0.466 e. The zero-order valence-electron chi connectivity index (χ0n) is 59.5. The summed E-state index contributed by atoms with van der Waals surface area (Å²) in [6.45, 7) is 4.92. The van der Waals surface area contributed by atoms with Crippen LogP contribution in [-0.4, -0.2) is 47.4 Å². The molecule has 0 aliphatic carbocycles. The van der Waals surface area contributed by atoms with Gasteiger partial charge >= 0.3 is 5.97 Å². The van der Waals surface area contributed by atoms with E-state index in [1.54, 1.807) is 6.08 Å². The lowest BCUT2D eigenvalue weighted by atomic mass is 10.0. The molecule has 0 heterocycles. The van der Waals surface area contributed by atoms with Crippen LogP contribution in [0.5, 0.6) is 0 Å². The number of rotatable bonds is 75. The number of amides is 1. The van der Waals surface area contributed by atoms with Crippen LogP contribution in [0.3, 0.4) is 0 Å². The van der Waals surface area contributed by atoms with E-state index in [2.05, 4.69) is 55.6 Å².